The van der Waals surface area contributed by atoms with Crippen LogP contribution < -0.4 is 5.32 Å². The molecule has 0 atom stereocenters. The van der Waals surface area contributed by atoms with Crippen LogP contribution >= 0.6 is 22.6 Å². The van der Waals surface area contributed by atoms with Gasteiger partial charge in [0, 0.05) is 14.5 Å². The van der Waals surface area contributed by atoms with E-state index in [2.05, 4.69) is 27.9 Å². The maximum Gasteiger partial charge on any atom is 0.257 e. The van der Waals surface area contributed by atoms with Crippen LogP contribution in [0.1, 0.15) is 37.6 Å². The molecule has 2 amide bonds. The maximum atomic E-state index is 11.8. The summed E-state index contributed by atoms with van der Waals surface area (Å²) in [4.78, 5) is 23.6. The second kappa shape index (κ2) is 5.62. The van der Waals surface area contributed by atoms with Crippen LogP contribution in [-0.4, -0.2) is 11.8 Å². The van der Waals surface area contributed by atoms with E-state index in [0.29, 0.717) is 12.0 Å². The summed E-state index contributed by atoms with van der Waals surface area (Å²) in [6.07, 6.45) is 0.693. The van der Waals surface area contributed by atoms with Crippen molar-refractivity contribution in [3.05, 3.63) is 33.4 Å². The molecule has 0 aliphatic carbocycles. The first-order valence-corrected chi connectivity index (χ1v) is 6.56. The average Bonchev–Trinajstić information content (AvgIpc) is 2.29. The van der Waals surface area contributed by atoms with Crippen molar-refractivity contribution in [3.8, 4) is 0 Å². The molecule has 1 aromatic rings. The number of benzene rings is 1. The van der Waals surface area contributed by atoms with Crippen LogP contribution in [0.3, 0.4) is 0 Å². The first-order chi connectivity index (χ1) is 7.86. The third-order valence-corrected chi connectivity index (χ3v) is 3.55. The van der Waals surface area contributed by atoms with Crippen molar-refractivity contribution >= 4 is 34.4 Å². The normalized spacial score (nSPS) is 11.1. The van der Waals surface area contributed by atoms with Gasteiger partial charge in [0.2, 0.25) is 5.91 Å². The molecule has 0 aliphatic rings. The quantitative estimate of drug-likeness (QED) is 0.857. The Morgan fingerprint density at radius 2 is 1.76 bits per heavy atom. The largest absolute Gasteiger partial charge is 0.292 e. The van der Waals surface area contributed by atoms with Crippen LogP contribution in [0, 0.1) is 8.99 Å². The lowest BCUT2D eigenvalue weighted by Gasteiger charge is -2.20. The molecule has 0 fully saturated rings. The molecule has 0 aromatic heterocycles. The highest BCUT2D eigenvalue weighted by atomic mass is 127. The van der Waals surface area contributed by atoms with E-state index in [0.717, 1.165) is 3.57 Å². The average molecular weight is 345 g/mol. The summed E-state index contributed by atoms with van der Waals surface area (Å²) in [5.41, 5.74) is -0.00977. The number of hydrogen-bond donors (Lipinski definition) is 1. The van der Waals surface area contributed by atoms with Crippen LogP contribution in [0.5, 0.6) is 0 Å². The lowest BCUT2D eigenvalue weighted by molar-refractivity contribution is -0.128. The van der Waals surface area contributed by atoms with Crippen molar-refractivity contribution in [1.82, 2.24) is 5.32 Å². The van der Waals surface area contributed by atoms with Gasteiger partial charge in [0.05, 0.1) is 0 Å². The summed E-state index contributed by atoms with van der Waals surface area (Å²) in [5.74, 6) is -0.573. The van der Waals surface area contributed by atoms with E-state index in [9.17, 15) is 9.59 Å². The molecule has 1 rings (SSSR count). The first kappa shape index (κ1) is 14.2. The second-order valence-electron chi connectivity index (χ2n) is 4.53. The topological polar surface area (TPSA) is 46.2 Å². The number of carbonyl (C=O) groups excluding carboxylic acids is 2. The van der Waals surface area contributed by atoms with Crippen molar-refractivity contribution < 1.29 is 9.59 Å². The van der Waals surface area contributed by atoms with Crippen molar-refractivity contribution in [2.24, 2.45) is 5.41 Å². The van der Waals surface area contributed by atoms with Gasteiger partial charge in [-0.15, -0.1) is 0 Å². The Labute approximate surface area is 115 Å². The summed E-state index contributed by atoms with van der Waals surface area (Å²) in [6.45, 7) is 5.57. The van der Waals surface area contributed by atoms with Gasteiger partial charge >= 0.3 is 0 Å². The molecule has 0 bridgehead atoms. The molecule has 4 heteroatoms. The fraction of sp³-hybridized carbons (Fsp3) is 0.385. The maximum absolute atomic E-state index is 11.8. The number of halogens is 1. The highest BCUT2D eigenvalue weighted by Crippen LogP contribution is 2.19. The Bertz CT molecular complexity index is 424. The number of hydrogen-bond acceptors (Lipinski definition) is 2. The monoisotopic (exact) mass is 345 g/mol. The fourth-order valence-electron chi connectivity index (χ4n) is 1.11. The van der Waals surface area contributed by atoms with E-state index < -0.39 is 5.41 Å². The number of nitrogens with one attached hydrogen (secondary N) is 1. The smallest absolute Gasteiger partial charge is 0.257 e. The third-order valence-electron chi connectivity index (χ3n) is 2.83. The van der Waals surface area contributed by atoms with E-state index in [4.69, 9.17) is 0 Å². The van der Waals surface area contributed by atoms with Crippen molar-refractivity contribution in [2.75, 3.05) is 0 Å². The van der Waals surface area contributed by atoms with E-state index in [-0.39, 0.29) is 11.8 Å². The third kappa shape index (κ3) is 3.80. The van der Waals surface area contributed by atoms with Gasteiger partial charge in [-0.1, -0.05) is 20.8 Å². The minimum Gasteiger partial charge on any atom is -0.292 e. The molecule has 1 N–H and O–H groups in total. The molecule has 0 saturated carbocycles. The standard InChI is InChI=1S/C13H16INO2/c1-4-13(2,3)12(17)15-11(16)9-5-7-10(14)8-6-9/h5-8H,4H2,1-3H3,(H,15,16,17). The molecule has 0 heterocycles. The lowest BCUT2D eigenvalue weighted by atomic mass is 9.89. The Balaban J connectivity index is 2.73. The Morgan fingerprint density at radius 1 is 1.24 bits per heavy atom. The molecule has 92 valence electrons. The van der Waals surface area contributed by atoms with E-state index in [1.165, 1.54) is 0 Å². The van der Waals surface area contributed by atoms with Gasteiger partial charge in [0.15, 0.2) is 0 Å². The molecule has 0 saturated heterocycles. The zero-order valence-electron chi connectivity index (χ0n) is 10.2. The fourth-order valence-corrected chi connectivity index (χ4v) is 1.47. The van der Waals surface area contributed by atoms with Gasteiger partial charge in [-0.05, 0) is 53.3 Å². The molecule has 1 aromatic carbocycles. The molecule has 17 heavy (non-hydrogen) atoms. The zero-order chi connectivity index (χ0) is 13.1. The van der Waals surface area contributed by atoms with E-state index in [1.54, 1.807) is 12.1 Å². The van der Waals surface area contributed by atoms with Crippen LogP contribution in [0.2, 0.25) is 0 Å². The highest BCUT2D eigenvalue weighted by molar-refractivity contribution is 14.1. The van der Waals surface area contributed by atoms with Crippen LogP contribution in [-0.2, 0) is 4.79 Å². The number of amides is 2. The zero-order valence-corrected chi connectivity index (χ0v) is 12.4. The van der Waals surface area contributed by atoms with Gasteiger partial charge in [0.1, 0.15) is 0 Å². The predicted molar refractivity (Wildman–Crippen MR) is 75.7 cm³/mol. The highest BCUT2D eigenvalue weighted by Gasteiger charge is 2.26. The van der Waals surface area contributed by atoms with Gasteiger partial charge in [-0.3, -0.25) is 14.9 Å². The summed E-state index contributed by atoms with van der Waals surface area (Å²) in [6, 6.07) is 7.10. The van der Waals surface area contributed by atoms with Gasteiger partial charge in [-0.25, -0.2) is 0 Å². The molecule has 0 aliphatic heterocycles. The minimum atomic E-state index is -0.515. The first-order valence-electron chi connectivity index (χ1n) is 5.48. The lowest BCUT2D eigenvalue weighted by Crippen LogP contribution is -2.40. The summed E-state index contributed by atoms with van der Waals surface area (Å²) >= 11 is 2.17. The van der Waals surface area contributed by atoms with Gasteiger partial charge < -0.3 is 0 Å². The molecule has 3 nitrogen and oxygen atoms in total. The van der Waals surface area contributed by atoms with Gasteiger partial charge in [-0.2, -0.15) is 0 Å². The number of imide groups is 1. The van der Waals surface area contributed by atoms with Crippen molar-refractivity contribution in [3.63, 3.8) is 0 Å². The van der Waals surface area contributed by atoms with Crippen molar-refractivity contribution in [1.29, 1.82) is 0 Å². The SMILES string of the molecule is CCC(C)(C)C(=O)NC(=O)c1ccc(I)cc1. The summed E-state index contributed by atoms with van der Waals surface area (Å²) < 4.78 is 1.05. The summed E-state index contributed by atoms with van der Waals surface area (Å²) in [7, 11) is 0. The summed E-state index contributed by atoms with van der Waals surface area (Å²) in [5, 5.41) is 2.43. The molecular formula is C13H16INO2. The van der Waals surface area contributed by atoms with E-state index >= 15 is 0 Å². The van der Waals surface area contributed by atoms with E-state index in [1.807, 2.05) is 32.9 Å². The molecular weight excluding hydrogens is 329 g/mol. The molecule has 0 radical (unpaired) electrons. The van der Waals surface area contributed by atoms with Crippen LogP contribution in [0.15, 0.2) is 24.3 Å². The number of carbonyl (C=O) groups is 2. The Morgan fingerprint density at radius 3 is 2.24 bits per heavy atom. The van der Waals surface area contributed by atoms with Crippen molar-refractivity contribution in [2.45, 2.75) is 27.2 Å². The molecule has 0 spiro atoms. The van der Waals surface area contributed by atoms with Crippen LogP contribution in [0.4, 0.5) is 0 Å². The van der Waals surface area contributed by atoms with Crippen LogP contribution in [0.25, 0.3) is 0 Å². The second-order valence-corrected chi connectivity index (χ2v) is 5.77. The Hall–Kier alpha value is -0.910. The molecule has 0 unspecified atom stereocenters. The minimum absolute atomic E-state index is 0.233. The predicted octanol–water partition coefficient (Wildman–Crippen LogP) is 2.98. The van der Waals surface area contributed by atoms with Gasteiger partial charge in [0.25, 0.3) is 5.91 Å². The number of rotatable bonds is 3. The Kier molecular flexibility index (Phi) is 4.68.